The highest BCUT2D eigenvalue weighted by Crippen LogP contribution is 2.34. The van der Waals surface area contributed by atoms with E-state index in [9.17, 15) is 26.4 Å². The molecule has 3 aromatic rings. The van der Waals surface area contributed by atoms with Crippen molar-refractivity contribution in [2.24, 2.45) is 0 Å². The van der Waals surface area contributed by atoms with Gasteiger partial charge in [0.1, 0.15) is 6.54 Å². The van der Waals surface area contributed by atoms with Crippen LogP contribution in [-0.4, -0.2) is 20.9 Å². The highest BCUT2D eigenvalue weighted by molar-refractivity contribution is 7.92. The molecule has 1 N–H and O–H groups in total. The van der Waals surface area contributed by atoms with Crippen LogP contribution in [0.4, 0.5) is 24.5 Å². The number of benzene rings is 3. The monoisotopic (exact) mass is 462 g/mol. The maximum Gasteiger partial charge on any atom is 0.418 e. The van der Waals surface area contributed by atoms with Crippen molar-refractivity contribution in [2.45, 2.75) is 24.9 Å². The zero-order valence-corrected chi connectivity index (χ0v) is 18.2. The Hall–Kier alpha value is -3.33. The van der Waals surface area contributed by atoms with Crippen molar-refractivity contribution in [1.29, 1.82) is 0 Å². The summed E-state index contributed by atoms with van der Waals surface area (Å²) in [6.07, 6.45) is -4.67. The van der Waals surface area contributed by atoms with E-state index in [0.29, 0.717) is 0 Å². The molecule has 0 aliphatic carbocycles. The number of amides is 1. The van der Waals surface area contributed by atoms with Crippen LogP contribution in [0.3, 0.4) is 0 Å². The molecule has 0 spiro atoms. The number of hydrogen-bond acceptors (Lipinski definition) is 3. The summed E-state index contributed by atoms with van der Waals surface area (Å²) in [5, 5.41) is 2.21. The lowest BCUT2D eigenvalue weighted by molar-refractivity contribution is -0.137. The summed E-state index contributed by atoms with van der Waals surface area (Å²) in [6.45, 7) is 2.86. The molecule has 0 saturated heterocycles. The van der Waals surface area contributed by atoms with E-state index in [0.717, 1.165) is 27.6 Å². The predicted molar refractivity (Wildman–Crippen MR) is 117 cm³/mol. The van der Waals surface area contributed by atoms with E-state index >= 15 is 0 Å². The third kappa shape index (κ3) is 5.28. The first-order chi connectivity index (χ1) is 15.0. The van der Waals surface area contributed by atoms with Gasteiger partial charge in [-0.05, 0) is 61.4 Å². The van der Waals surface area contributed by atoms with Crippen molar-refractivity contribution in [2.75, 3.05) is 16.2 Å². The number of sulfonamides is 1. The number of nitrogens with one attached hydrogen (secondary N) is 1. The molecule has 0 aliphatic heterocycles. The van der Waals surface area contributed by atoms with Crippen molar-refractivity contribution >= 4 is 27.3 Å². The van der Waals surface area contributed by atoms with Gasteiger partial charge in [0.2, 0.25) is 5.91 Å². The molecule has 3 rings (SSSR count). The standard InChI is InChI=1S/C23H21F3N2O3S/c1-16-12-17(2)14-18(13-16)28(32(30,31)19-8-4-3-5-9-19)15-22(29)27-21-11-7-6-10-20(21)23(24,25)26/h3-14H,15H2,1-2H3,(H,27,29). The average Bonchev–Trinajstić information content (AvgIpc) is 2.71. The first kappa shape index (κ1) is 23.3. The maximum absolute atomic E-state index is 13.3. The highest BCUT2D eigenvalue weighted by Gasteiger charge is 2.34. The summed E-state index contributed by atoms with van der Waals surface area (Å²) in [4.78, 5) is 12.7. The molecule has 0 heterocycles. The van der Waals surface area contributed by atoms with E-state index in [2.05, 4.69) is 5.32 Å². The van der Waals surface area contributed by atoms with Gasteiger partial charge in [-0.3, -0.25) is 9.10 Å². The lowest BCUT2D eigenvalue weighted by Gasteiger charge is -2.25. The molecule has 1 amide bonds. The average molecular weight is 462 g/mol. The SMILES string of the molecule is Cc1cc(C)cc(N(CC(=O)Nc2ccccc2C(F)(F)F)S(=O)(=O)c2ccccc2)c1. The first-order valence-corrected chi connectivity index (χ1v) is 11.0. The third-order valence-electron chi connectivity index (χ3n) is 4.62. The molecule has 0 atom stereocenters. The minimum Gasteiger partial charge on any atom is -0.324 e. The summed E-state index contributed by atoms with van der Waals surface area (Å²) >= 11 is 0. The third-order valence-corrected chi connectivity index (χ3v) is 6.41. The number of rotatable bonds is 6. The molecule has 0 radical (unpaired) electrons. The van der Waals surface area contributed by atoms with Gasteiger partial charge in [-0.15, -0.1) is 0 Å². The first-order valence-electron chi connectivity index (χ1n) is 9.60. The van der Waals surface area contributed by atoms with Gasteiger partial charge < -0.3 is 5.32 Å². The second kappa shape index (κ2) is 9.04. The molecule has 168 valence electrons. The van der Waals surface area contributed by atoms with E-state index in [1.165, 1.54) is 24.3 Å². The second-order valence-electron chi connectivity index (χ2n) is 7.26. The minimum atomic E-state index is -4.67. The normalized spacial score (nSPS) is 11.8. The number of halogens is 3. The van der Waals surface area contributed by atoms with Crippen molar-refractivity contribution in [3.8, 4) is 0 Å². The Balaban J connectivity index is 2.00. The van der Waals surface area contributed by atoms with E-state index in [1.54, 1.807) is 44.2 Å². The minimum absolute atomic E-state index is 0.0392. The molecule has 3 aromatic carbocycles. The second-order valence-corrected chi connectivity index (χ2v) is 9.12. The van der Waals surface area contributed by atoms with Gasteiger partial charge in [0.25, 0.3) is 10.0 Å². The fourth-order valence-electron chi connectivity index (χ4n) is 3.29. The van der Waals surface area contributed by atoms with E-state index < -0.39 is 39.9 Å². The van der Waals surface area contributed by atoms with Crippen LogP contribution in [-0.2, 0) is 21.0 Å². The Bertz CT molecular complexity index is 1210. The van der Waals surface area contributed by atoms with Crippen molar-refractivity contribution in [3.63, 3.8) is 0 Å². The predicted octanol–water partition coefficient (Wildman–Crippen LogP) is 5.16. The molecule has 32 heavy (non-hydrogen) atoms. The quantitative estimate of drug-likeness (QED) is 0.551. The number of anilines is 2. The molecule has 0 aliphatic rings. The van der Waals surface area contributed by atoms with Crippen molar-refractivity contribution < 1.29 is 26.4 Å². The Morgan fingerprint density at radius 1 is 0.906 bits per heavy atom. The number of alkyl halides is 3. The fraction of sp³-hybridized carbons (Fsp3) is 0.174. The summed E-state index contributed by atoms with van der Waals surface area (Å²) in [6, 6.07) is 17.1. The molecular formula is C23H21F3N2O3S. The van der Waals surface area contributed by atoms with E-state index in [-0.39, 0.29) is 10.6 Å². The molecule has 5 nitrogen and oxygen atoms in total. The molecular weight excluding hydrogens is 441 g/mol. The van der Waals surface area contributed by atoms with Gasteiger partial charge in [0, 0.05) is 0 Å². The van der Waals surface area contributed by atoms with Crippen LogP contribution in [0.25, 0.3) is 0 Å². The number of carbonyl (C=O) groups is 1. The molecule has 0 fully saturated rings. The van der Waals surface area contributed by atoms with Gasteiger partial charge in [0.15, 0.2) is 0 Å². The van der Waals surface area contributed by atoms with Crippen molar-refractivity contribution in [3.05, 3.63) is 89.5 Å². The number of aryl methyl sites for hydroxylation is 2. The van der Waals surface area contributed by atoms with Crippen LogP contribution >= 0.6 is 0 Å². The van der Waals surface area contributed by atoms with Crippen LogP contribution < -0.4 is 9.62 Å². The molecule has 0 saturated carbocycles. The summed E-state index contributed by atoms with van der Waals surface area (Å²) in [7, 11) is -4.16. The summed E-state index contributed by atoms with van der Waals surface area (Å²) < 4.78 is 67.4. The molecule has 9 heteroatoms. The Morgan fingerprint density at radius 2 is 1.47 bits per heavy atom. The van der Waals surface area contributed by atoms with Crippen LogP contribution in [0, 0.1) is 13.8 Å². The lowest BCUT2D eigenvalue weighted by Crippen LogP contribution is -2.38. The Morgan fingerprint density at radius 3 is 2.06 bits per heavy atom. The maximum atomic E-state index is 13.3. The van der Waals surface area contributed by atoms with Gasteiger partial charge in [-0.1, -0.05) is 36.4 Å². The fourth-order valence-corrected chi connectivity index (χ4v) is 4.71. The Labute approximate surface area is 184 Å². The van der Waals surface area contributed by atoms with Gasteiger partial charge in [-0.2, -0.15) is 13.2 Å². The summed E-state index contributed by atoms with van der Waals surface area (Å²) in [5.74, 6) is -0.902. The zero-order valence-electron chi connectivity index (χ0n) is 17.3. The van der Waals surface area contributed by atoms with Gasteiger partial charge in [0.05, 0.1) is 21.8 Å². The van der Waals surface area contributed by atoms with E-state index in [1.807, 2.05) is 6.07 Å². The smallest absolute Gasteiger partial charge is 0.324 e. The van der Waals surface area contributed by atoms with Crippen LogP contribution in [0.2, 0.25) is 0 Å². The van der Waals surface area contributed by atoms with Crippen LogP contribution in [0.5, 0.6) is 0 Å². The van der Waals surface area contributed by atoms with Crippen LogP contribution in [0.1, 0.15) is 16.7 Å². The molecule has 0 bridgehead atoms. The number of para-hydroxylation sites is 1. The van der Waals surface area contributed by atoms with Crippen molar-refractivity contribution in [1.82, 2.24) is 0 Å². The number of nitrogens with zero attached hydrogens (tertiary/aromatic N) is 1. The van der Waals surface area contributed by atoms with Crippen LogP contribution in [0.15, 0.2) is 77.7 Å². The largest absolute Gasteiger partial charge is 0.418 e. The number of hydrogen-bond donors (Lipinski definition) is 1. The molecule has 0 unspecified atom stereocenters. The lowest BCUT2D eigenvalue weighted by atomic mass is 10.1. The zero-order chi connectivity index (χ0) is 23.5. The highest BCUT2D eigenvalue weighted by atomic mass is 32.2. The van der Waals surface area contributed by atoms with Gasteiger partial charge in [-0.25, -0.2) is 8.42 Å². The summed E-state index contributed by atoms with van der Waals surface area (Å²) in [5.41, 5.74) is 0.331. The van der Waals surface area contributed by atoms with Gasteiger partial charge >= 0.3 is 6.18 Å². The molecule has 0 aromatic heterocycles. The van der Waals surface area contributed by atoms with E-state index in [4.69, 9.17) is 0 Å². The number of carbonyl (C=O) groups excluding carboxylic acids is 1. The topological polar surface area (TPSA) is 66.5 Å². The Kier molecular flexibility index (Phi) is 6.59.